The van der Waals surface area contributed by atoms with Crippen molar-refractivity contribution in [3.8, 4) is 0 Å². The Morgan fingerprint density at radius 1 is 1.19 bits per heavy atom. The number of nitrogens with one attached hydrogen (secondary N) is 2. The van der Waals surface area contributed by atoms with Crippen molar-refractivity contribution in [3.63, 3.8) is 0 Å². The molecule has 0 spiro atoms. The molecule has 0 radical (unpaired) electrons. The number of likely N-dealkylation sites (N-methyl/N-ethyl adjacent to an activating group) is 2. The summed E-state index contributed by atoms with van der Waals surface area (Å²) >= 11 is 0. The molecule has 37 heavy (non-hydrogen) atoms. The zero-order chi connectivity index (χ0) is 27.1. The Labute approximate surface area is 218 Å². The highest BCUT2D eigenvalue weighted by Gasteiger charge is 2.29. The molecule has 0 aliphatic heterocycles. The van der Waals surface area contributed by atoms with Gasteiger partial charge < -0.3 is 26.2 Å². The monoisotopic (exact) mass is 507 g/mol. The molecule has 1 atom stereocenters. The average Bonchev–Trinajstić information content (AvgIpc) is 3.69. The van der Waals surface area contributed by atoms with Gasteiger partial charge in [0.15, 0.2) is 11.5 Å². The highest BCUT2D eigenvalue weighted by Crippen LogP contribution is 2.41. The third-order valence-corrected chi connectivity index (χ3v) is 6.25. The molecular weight excluding hydrogens is 470 g/mol. The van der Waals surface area contributed by atoms with Gasteiger partial charge in [-0.25, -0.2) is 9.97 Å². The van der Waals surface area contributed by atoms with E-state index in [9.17, 15) is 14.4 Å². The molecule has 4 N–H and O–H groups in total. The number of anilines is 2. The number of benzene rings is 1. The lowest BCUT2D eigenvalue weighted by Crippen LogP contribution is -2.45. The van der Waals surface area contributed by atoms with Gasteiger partial charge in [-0.1, -0.05) is 18.2 Å². The zero-order valence-electron chi connectivity index (χ0n) is 22.2. The van der Waals surface area contributed by atoms with Crippen molar-refractivity contribution >= 4 is 29.2 Å². The largest absolute Gasteiger partial charge is 0.364 e. The molecule has 1 aliphatic rings. The second-order valence-electron chi connectivity index (χ2n) is 9.69. The van der Waals surface area contributed by atoms with E-state index in [-0.39, 0.29) is 17.5 Å². The van der Waals surface area contributed by atoms with Gasteiger partial charge in [0, 0.05) is 37.8 Å². The SMILES string of the molecule is Cc1nc(C(N)=O)c(Nc2cccc(CCNC(=O)C(C)N(C)C(=O)/C=C/CN(C)C)c2)nc1C1CC1. The minimum atomic E-state index is -0.634. The fourth-order valence-corrected chi connectivity index (χ4v) is 3.80. The van der Waals surface area contributed by atoms with E-state index < -0.39 is 11.9 Å². The number of amides is 3. The number of aryl methyl sites for hydroxylation is 1. The van der Waals surface area contributed by atoms with E-state index in [0.717, 1.165) is 35.5 Å². The van der Waals surface area contributed by atoms with E-state index >= 15 is 0 Å². The maximum atomic E-state index is 12.6. The van der Waals surface area contributed by atoms with Crippen molar-refractivity contribution in [2.45, 2.75) is 45.1 Å². The quantitative estimate of drug-likeness (QED) is 0.375. The van der Waals surface area contributed by atoms with Gasteiger partial charge in [-0.2, -0.15) is 0 Å². The van der Waals surface area contributed by atoms with Crippen LogP contribution in [0.3, 0.4) is 0 Å². The first-order valence-electron chi connectivity index (χ1n) is 12.5. The molecule has 0 saturated heterocycles. The number of primary amides is 1. The highest BCUT2D eigenvalue weighted by molar-refractivity contribution is 5.96. The number of aromatic nitrogens is 2. The normalized spacial score (nSPS) is 14.0. The predicted octanol–water partition coefficient (Wildman–Crippen LogP) is 2.13. The molecule has 1 aromatic carbocycles. The van der Waals surface area contributed by atoms with Gasteiger partial charge >= 0.3 is 0 Å². The van der Waals surface area contributed by atoms with Crippen molar-refractivity contribution in [1.82, 2.24) is 25.1 Å². The fourth-order valence-electron chi connectivity index (χ4n) is 3.80. The summed E-state index contributed by atoms with van der Waals surface area (Å²) in [5.74, 6) is -0.338. The van der Waals surface area contributed by atoms with E-state index in [1.54, 1.807) is 20.0 Å². The van der Waals surface area contributed by atoms with Crippen LogP contribution in [0.1, 0.15) is 53.1 Å². The van der Waals surface area contributed by atoms with Crippen molar-refractivity contribution in [3.05, 3.63) is 59.1 Å². The van der Waals surface area contributed by atoms with E-state index in [4.69, 9.17) is 5.73 Å². The average molecular weight is 508 g/mol. The topological polar surface area (TPSA) is 134 Å². The van der Waals surface area contributed by atoms with Crippen molar-refractivity contribution < 1.29 is 14.4 Å². The first-order chi connectivity index (χ1) is 17.6. The number of hydrogen-bond acceptors (Lipinski definition) is 7. The first kappa shape index (κ1) is 27.8. The van der Waals surface area contributed by atoms with Crippen LogP contribution < -0.4 is 16.4 Å². The lowest BCUT2D eigenvalue weighted by Gasteiger charge is -2.23. The van der Waals surface area contributed by atoms with E-state index in [2.05, 4.69) is 20.6 Å². The van der Waals surface area contributed by atoms with Crippen LogP contribution >= 0.6 is 0 Å². The van der Waals surface area contributed by atoms with Crippen LogP contribution in [-0.2, 0) is 16.0 Å². The number of nitrogens with two attached hydrogens (primary N) is 1. The smallest absolute Gasteiger partial charge is 0.271 e. The summed E-state index contributed by atoms with van der Waals surface area (Å²) in [5, 5.41) is 6.10. The maximum absolute atomic E-state index is 12.6. The molecule has 3 rings (SSSR count). The number of carbonyl (C=O) groups is 3. The standard InChI is InChI=1S/C27H37N7O3/c1-17-23(20-11-12-20)32-26(24(30-17)25(28)36)31-21-9-6-8-19(16-21)13-14-29-27(37)18(2)34(5)22(35)10-7-15-33(3)4/h6-10,16,18,20H,11-15H2,1-5H3,(H2,28,36)(H,29,37)(H,31,32)/b10-7+. The van der Waals surface area contributed by atoms with Gasteiger partial charge in [-0.05, 0) is 64.9 Å². The Balaban J connectivity index is 1.58. The molecule has 1 unspecified atom stereocenters. The van der Waals surface area contributed by atoms with Crippen LogP contribution in [0.4, 0.5) is 11.5 Å². The van der Waals surface area contributed by atoms with Crippen LogP contribution in [0.5, 0.6) is 0 Å². The molecular formula is C27H37N7O3. The molecule has 0 bridgehead atoms. The van der Waals surface area contributed by atoms with Gasteiger partial charge in [0.05, 0.1) is 11.4 Å². The van der Waals surface area contributed by atoms with Crippen LogP contribution in [0.2, 0.25) is 0 Å². The van der Waals surface area contributed by atoms with Gasteiger partial charge in [-0.3, -0.25) is 14.4 Å². The van der Waals surface area contributed by atoms with Gasteiger partial charge in [0.2, 0.25) is 11.8 Å². The maximum Gasteiger partial charge on any atom is 0.271 e. The summed E-state index contributed by atoms with van der Waals surface area (Å²) in [6.07, 6.45) is 5.98. The van der Waals surface area contributed by atoms with Crippen LogP contribution in [-0.4, -0.2) is 77.8 Å². The van der Waals surface area contributed by atoms with Crippen LogP contribution in [0, 0.1) is 6.92 Å². The summed E-state index contributed by atoms with van der Waals surface area (Å²) in [6.45, 7) is 4.61. The number of hydrogen-bond donors (Lipinski definition) is 3. The molecule has 1 fully saturated rings. The molecule has 198 valence electrons. The fraction of sp³-hybridized carbons (Fsp3) is 0.444. The minimum Gasteiger partial charge on any atom is -0.364 e. The molecule has 1 heterocycles. The lowest BCUT2D eigenvalue weighted by molar-refractivity contribution is -0.135. The van der Waals surface area contributed by atoms with Gasteiger partial charge in [0.1, 0.15) is 6.04 Å². The van der Waals surface area contributed by atoms with E-state index in [1.165, 1.54) is 11.0 Å². The van der Waals surface area contributed by atoms with Crippen LogP contribution in [0.25, 0.3) is 0 Å². The molecule has 3 amide bonds. The van der Waals surface area contributed by atoms with E-state index in [1.807, 2.05) is 50.2 Å². The second-order valence-corrected chi connectivity index (χ2v) is 9.69. The van der Waals surface area contributed by atoms with Crippen molar-refractivity contribution in [1.29, 1.82) is 0 Å². The summed E-state index contributed by atoms with van der Waals surface area (Å²) < 4.78 is 0. The Bertz CT molecular complexity index is 1170. The summed E-state index contributed by atoms with van der Waals surface area (Å²) in [7, 11) is 5.45. The van der Waals surface area contributed by atoms with Crippen LogP contribution in [0.15, 0.2) is 36.4 Å². The highest BCUT2D eigenvalue weighted by atomic mass is 16.2. The van der Waals surface area contributed by atoms with Gasteiger partial charge in [0.25, 0.3) is 5.91 Å². The molecule has 1 aliphatic carbocycles. The summed E-state index contributed by atoms with van der Waals surface area (Å²) in [4.78, 5) is 49.3. The molecule has 10 heteroatoms. The van der Waals surface area contributed by atoms with Crippen molar-refractivity contribution in [2.75, 3.05) is 39.5 Å². The third-order valence-electron chi connectivity index (χ3n) is 6.25. The van der Waals surface area contributed by atoms with Gasteiger partial charge in [-0.15, -0.1) is 0 Å². The Kier molecular flexibility index (Phi) is 9.35. The molecule has 1 saturated carbocycles. The second kappa shape index (κ2) is 12.4. The molecule has 1 aromatic heterocycles. The van der Waals surface area contributed by atoms with Crippen molar-refractivity contribution in [2.24, 2.45) is 5.73 Å². The lowest BCUT2D eigenvalue weighted by atomic mass is 10.1. The first-order valence-corrected chi connectivity index (χ1v) is 12.5. The third kappa shape index (κ3) is 7.85. The number of rotatable bonds is 12. The number of carbonyl (C=O) groups excluding carboxylic acids is 3. The Hall–Kier alpha value is -3.79. The molecule has 10 nitrogen and oxygen atoms in total. The zero-order valence-corrected chi connectivity index (χ0v) is 22.2. The van der Waals surface area contributed by atoms with E-state index in [0.29, 0.717) is 31.2 Å². The summed E-state index contributed by atoms with van der Waals surface area (Å²) in [5.41, 5.74) is 9.03. The predicted molar refractivity (Wildman–Crippen MR) is 144 cm³/mol. The Morgan fingerprint density at radius 2 is 1.92 bits per heavy atom. The summed E-state index contributed by atoms with van der Waals surface area (Å²) in [6, 6.07) is 7.05. The molecule has 2 aromatic rings. The Morgan fingerprint density at radius 3 is 2.57 bits per heavy atom. The number of nitrogens with zero attached hydrogens (tertiary/aromatic N) is 4. The minimum absolute atomic E-state index is 0.115.